The molecule has 0 saturated carbocycles. The molecule has 3 aromatic rings. The van der Waals surface area contributed by atoms with Gasteiger partial charge in [0.2, 0.25) is 5.89 Å². The van der Waals surface area contributed by atoms with Crippen molar-refractivity contribution in [3.8, 4) is 17.3 Å². The molecule has 0 bridgehead atoms. The van der Waals surface area contributed by atoms with Gasteiger partial charge in [-0.05, 0) is 43.7 Å². The maximum Gasteiger partial charge on any atom is 0.264 e. The third kappa shape index (κ3) is 2.63. The molecule has 0 fully saturated rings. The second-order valence-electron chi connectivity index (χ2n) is 4.77. The molecule has 0 radical (unpaired) electrons. The van der Waals surface area contributed by atoms with E-state index in [0.29, 0.717) is 11.8 Å². The maximum absolute atomic E-state index is 5.74. The maximum atomic E-state index is 5.74. The van der Waals surface area contributed by atoms with E-state index in [1.807, 2.05) is 25.1 Å². The van der Waals surface area contributed by atoms with Crippen molar-refractivity contribution in [1.29, 1.82) is 0 Å². The molecule has 4 nitrogen and oxygen atoms in total. The molecule has 0 spiro atoms. The first-order chi connectivity index (χ1) is 10.1. The third-order valence-electron chi connectivity index (χ3n) is 3.23. The van der Waals surface area contributed by atoms with E-state index in [1.54, 1.807) is 0 Å². The lowest BCUT2D eigenvalue weighted by atomic mass is 10.2. The predicted octanol–water partition coefficient (Wildman–Crippen LogP) is 4.65. The molecule has 0 N–H and O–H groups in total. The van der Waals surface area contributed by atoms with E-state index in [2.05, 4.69) is 49.8 Å². The molecule has 0 aliphatic carbocycles. The highest BCUT2D eigenvalue weighted by Gasteiger charge is 2.19. The Bertz CT molecular complexity index is 794. The van der Waals surface area contributed by atoms with Gasteiger partial charge in [-0.2, -0.15) is 0 Å². The summed E-state index contributed by atoms with van der Waals surface area (Å²) in [6.07, 6.45) is 0. The average Bonchev–Trinajstić information content (AvgIpc) is 3.02. The number of alkyl halides is 1. The SMILES string of the molecule is Cc1cc(C)n(-c2cccc(Br)c2)c1-c1nnc(CCl)o1. The zero-order chi connectivity index (χ0) is 15.0. The van der Waals surface area contributed by atoms with Gasteiger partial charge in [-0.25, -0.2) is 0 Å². The Balaban J connectivity index is 2.21. The minimum atomic E-state index is 0.211. The monoisotopic (exact) mass is 365 g/mol. The van der Waals surface area contributed by atoms with Gasteiger partial charge in [-0.3, -0.25) is 0 Å². The summed E-state index contributed by atoms with van der Waals surface area (Å²) in [5, 5.41) is 8.05. The average molecular weight is 367 g/mol. The molecule has 6 heteroatoms. The van der Waals surface area contributed by atoms with Crippen molar-refractivity contribution >= 4 is 27.5 Å². The summed E-state index contributed by atoms with van der Waals surface area (Å²) in [6.45, 7) is 4.08. The van der Waals surface area contributed by atoms with Gasteiger partial charge in [0.15, 0.2) is 0 Å². The second-order valence-corrected chi connectivity index (χ2v) is 5.95. The topological polar surface area (TPSA) is 43.9 Å². The van der Waals surface area contributed by atoms with Crippen LogP contribution in [0.1, 0.15) is 17.1 Å². The minimum absolute atomic E-state index is 0.211. The van der Waals surface area contributed by atoms with Crippen molar-refractivity contribution in [3.63, 3.8) is 0 Å². The van der Waals surface area contributed by atoms with Crippen LogP contribution < -0.4 is 0 Å². The minimum Gasteiger partial charge on any atom is -0.418 e. The number of hydrogen-bond acceptors (Lipinski definition) is 3. The first-order valence-corrected chi connectivity index (χ1v) is 7.76. The number of aryl methyl sites for hydroxylation is 2. The number of nitrogens with zero attached hydrogens (tertiary/aromatic N) is 3. The number of rotatable bonds is 3. The van der Waals surface area contributed by atoms with Gasteiger partial charge in [-0.1, -0.05) is 22.0 Å². The molecule has 2 aromatic heterocycles. The van der Waals surface area contributed by atoms with Crippen LogP contribution in [0.5, 0.6) is 0 Å². The first-order valence-electron chi connectivity index (χ1n) is 6.43. The molecule has 21 heavy (non-hydrogen) atoms. The lowest BCUT2D eigenvalue weighted by molar-refractivity contribution is 0.524. The van der Waals surface area contributed by atoms with Gasteiger partial charge in [0.25, 0.3) is 5.89 Å². The summed E-state index contributed by atoms with van der Waals surface area (Å²) in [7, 11) is 0. The molecule has 0 amide bonds. The van der Waals surface area contributed by atoms with E-state index < -0.39 is 0 Å². The Morgan fingerprint density at radius 3 is 2.71 bits per heavy atom. The Hall–Kier alpha value is -1.59. The van der Waals surface area contributed by atoms with Crippen LogP contribution in [-0.2, 0) is 5.88 Å². The van der Waals surface area contributed by atoms with Crippen LogP contribution in [0.4, 0.5) is 0 Å². The third-order valence-corrected chi connectivity index (χ3v) is 3.95. The van der Waals surface area contributed by atoms with Crippen molar-refractivity contribution in [2.24, 2.45) is 0 Å². The number of hydrogen-bond donors (Lipinski definition) is 0. The highest BCUT2D eigenvalue weighted by molar-refractivity contribution is 9.10. The smallest absolute Gasteiger partial charge is 0.264 e. The molecule has 108 valence electrons. The van der Waals surface area contributed by atoms with Crippen LogP contribution in [0.15, 0.2) is 39.2 Å². The van der Waals surface area contributed by atoms with Crippen LogP contribution in [-0.4, -0.2) is 14.8 Å². The summed E-state index contributed by atoms with van der Waals surface area (Å²) in [6, 6.07) is 10.2. The van der Waals surface area contributed by atoms with Gasteiger partial charge in [0, 0.05) is 15.9 Å². The largest absolute Gasteiger partial charge is 0.418 e. The molecule has 0 atom stereocenters. The van der Waals surface area contributed by atoms with Crippen molar-refractivity contribution in [2.75, 3.05) is 0 Å². The van der Waals surface area contributed by atoms with Gasteiger partial charge in [0.05, 0.1) is 0 Å². The van der Waals surface area contributed by atoms with Crippen molar-refractivity contribution in [2.45, 2.75) is 19.7 Å². The van der Waals surface area contributed by atoms with Crippen LogP contribution in [0, 0.1) is 13.8 Å². The fraction of sp³-hybridized carbons (Fsp3) is 0.200. The summed E-state index contributed by atoms with van der Waals surface area (Å²) in [5.74, 6) is 1.12. The summed E-state index contributed by atoms with van der Waals surface area (Å²) < 4.78 is 8.74. The lowest BCUT2D eigenvalue weighted by Gasteiger charge is -2.10. The van der Waals surface area contributed by atoms with Gasteiger partial charge < -0.3 is 8.98 Å². The number of aromatic nitrogens is 3. The van der Waals surface area contributed by atoms with E-state index in [9.17, 15) is 0 Å². The van der Waals surface area contributed by atoms with Crippen LogP contribution in [0.2, 0.25) is 0 Å². The molecule has 1 aromatic carbocycles. The van der Waals surface area contributed by atoms with Crippen LogP contribution in [0.25, 0.3) is 17.3 Å². The quantitative estimate of drug-likeness (QED) is 0.634. The van der Waals surface area contributed by atoms with Crippen molar-refractivity contribution < 1.29 is 4.42 Å². The van der Waals surface area contributed by atoms with Gasteiger partial charge >= 0.3 is 0 Å². The molecule has 0 saturated heterocycles. The van der Waals surface area contributed by atoms with Crippen LogP contribution in [0.3, 0.4) is 0 Å². The van der Waals surface area contributed by atoms with Gasteiger partial charge in [0.1, 0.15) is 11.6 Å². The first kappa shape index (κ1) is 14.4. The summed E-state index contributed by atoms with van der Waals surface area (Å²) >= 11 is 9.25. The number of benzene rings is 1. The van der Waals surface area contributed by atoms with Gasteiger partial charge in [-0.15, -0.1) is 21.8 Å². The number of halogens is 2. The Labute approximate surface area is 135 Å². The highest BCUT2D eigenvalue weighted by Crippen LogP contribution is 2.30. The van der Waals surface area contributed by atoms with E-state index in [1.165, 1.54) is 0 Å². The predicted molar refractivity (Wildman–Crippen MR) is 85.8 cm³/mol. The lowest BCUT2D eigenvalue weighted by Crippen LogP contribution is -1.99. The molecule has 0 aliphatic rings. The summed E-state index contributed by atoms with van der Waals surface area (Å²) in [5.41, 5.74) is 4.12. The zero-order valence-electron chi connectivity index (χ0n) is 11.6. The fourth-order valence-corrected chi connectivity index (χ4v) is 2.91. The van der Waals surface area contributed by atoms with E-state index in [0.717, 1.165) is 27.1 Å². The molecule has 2 heterocycles. The fourth-order valence-electron chi connectivity index (χ4n) is 2.41. The van der Waals surface area contributed by atoms with E-state index >= 15 is 0 Å². The van der Waals surface area contributed by atoms with E-state index in [4.69, 9.17) is 16.0 Å². The normalized spacial score (nSPS) is 11.0. The molecular formula is C15H13BrClN3O. The molecule has 0 aliphatic heterocycles. The Kier molecular flexibility index (Phi) is 3.87. The Morgan fingerprint density at radius 2 is 2.05 bits per heavy atom. The highest BCUT2D eigenvalue weighted by atomic mass is 79.9. The molecule has 3 rings (SSSR count). The Morgan fingerprint density at radius 1 is 1.24 bits per heavy atom. The molecule has 0 unspecified atom stereocenters. The summed E-state index contributed by atoms with van der Waals surface area (Å²) in [4.78, 5) is 0. The van der Waals surface area contributed by atoms with Crippen molar-refractivity contribution in [3.05, 3.63) is 52.0 Å². The van der Waals surface area contributed by atoms with Crippen LogP contribution >= 0.6 is 27.5 Å². The second kappa shape index (κ2) is 5.66. The van der Waals surface area contributed by atoms with E-state index in [-0.39, 0.29) is 5.88 Å². The molecular weight excluding hydrogens is 354 g/mol. The van der Waals surface area contributed by atoms with Crippen molar-refractivity contribution in [1.82, 2.24) is 14.8 Å². The zero-order valence-corrected chi connectivity index (χ0v) is 13.9. The standard InChI is InChI=1S/C15H13BrClN3O/c1-9-6-10(2)20(12-5-3-4-11(16)7-12)14(9)15-19-18-13(8-17)21-15/h3-7H,8H2,1-2H3.